The molecule has 3 rings (SSSR count). The molecule has 12 heteroatoms. The summed E-state index contributed by atoms with van der Waals surface area (Å²) < 4.78 is 36.4. The van der Waals surface area contributed by atoms with Crippen molar-refractivity contribution in [2.75, 3.05) is 43.9 Å². The lowest BCUT2D eigenvalue weighted by atomic mass is 9.88. The number of piperidine rings is 1. The molecule has 0 aromatic heterocycles. The number of rotatable bonds is 8. The van der Waals surface area contributed by atoms with E-state index in [0.717, 1.165) is 6.26 Å². The molecule has 1 atom stereocenters. The zero-order valence-corrected chi connectivity index (χ0v) is 19.6. The average molecular weight is 483 g/mol. The van der Waals surface area contributed by atoms with Crippen LogP contribution in [-0.2, 0) is 24.3 Å². The summed E-state index contributed by atoms with van der Waals surface area (Å²) in [5.74, 6) is -0.525. The number of anilines is 1. The number of aliphatic hydroxyl groups is 1. The van der Waals surface area contributed by atoms with Gasteiger partial charge in [0.15, 0.2) is 0 Å². The summed E-state index contributed by atoms with van der Waals surface area (Å²) in [7, 11) is -3.61. The first kappa shape index (κ1) is 24.9. The monoisotopic (exact) mass is 482 g/mol. The zero-order valence-electron chi connectivity index (χ0n) is 18.8. The Morgan fingerprint density at radius 2 is 1.94 bits per heavy atom. The number of carbonyl (C=O) groups excluding carboxylic acids is 2. The van der Waals surface area contributed by atoms with Gasteiger partial charge in [0.25, 0.3) is 10.0 Å². The molecule has 0 bridgehead atoms. The van der Waals surface area contributed by atoms with Crippen LogP contribution in [0.3, 0.4) is 0 Å². The predicted molar refractivity (Wildman–Crippen MR) is 121 cm³/mol. The summed E-state index contributed by atoms with van der Waals surface area (Å²) in [5.41, 5.74) is 5.68. The quantitative estimate of drug-likeness (QED) is 0.306. The van der Waals surface area contributed by atoms with Crippen LogP contribution in [0.15, 0.2) is 28.7 Å². The van der Waals surface area contributed by atoms with E-state index in [0.29, 0.717) is 50.3 Å². The predicted octanol–water partition coefficient (Wildman–Crippen LogP) is 0.457. The minimum Gasteiger partial charge on any atom is -0.466 e. The van der Waals surface area contributed by atoms with Crippen molar-refractivity contribution in [2.24, 2.45) is 10.1 Å². The number of benzene rings is 1. The van der Waals surface area contributed by atoms with E-state index >= 15 is 0 Å². The second-order valence-corrected chi connectivity index (χ2v) is 10.0. The number of amides is 1. The number of carbonyl (C=O) groups is 2. The van der Waals surface area contributed by atoms with Gasteiger partial charge in [0.1, 0.15) is 11.9 Å². The molecule has 0 radical (unpaired) electrons. The van der Waals surface area contributed by atoms with Crippen LogP contribution in [0.4, 0.5) is 10.5 Å². The van der Waals surface area contributed by atoms with Crippen LogP contribution < -0.4 is 10.6 Å². The van der Waals surface area contributed by atoms with E-state index in [-0.39, 0.29) is 25.0 Å². The molecular weight excluding hydrogens is 452 g/mol. The van der Waals surface area contributed by atoms with Gasteiger partial charge in [0.2, 0.25) is 0 Å². The van der Waals surface area contributed by atoms with E-state index in [4.69, 9.17) is 15.2 Å². The highest BCUT2D eigenvalue weighted by atomic mass is 32.2. The van der Waals surface area contributed by atoms with Gasteiger partial charge in [0.05, 0.1) is 31.4 Å². The van der Waals surface area contributed by atoms with Gasteiger partial charge in [-0.05, 0) is 44.0 Å². The van der Waals surface area contributed by atoms with Crippen LogP contribution in [0, 0.1) is 0 Å². The minimum atomic E-state index is -3.61. The number of esters is 1. The Morgan fingerprint density at radius 1 is 1.30 bits per heavy atom. The number of nitrogens with two attached hydrogens (primary N) is 1. The lowest BCUT2D eigenvalue weighted by Crippen LogP contribution is -2.48. The molecule has 2 saturated heterocycles. The maximum atomic E-state index is 12.4. The van der Waals surface area contributed by atoms with Crippen LogP contribution in [0.2, 0.25) is 0 Å². The van der Waals surface area contributed by atoms with Gasteiger partial charge in [-0.3, -0.25) is 14.6 Å². The number of cyclic esters (lactones) is 1. The van der Waals surface area contributed by atoms with Crippen molar-refractivity contribution in [1.82, 2.24) is 4.90 Å². The third-order valence-electron chi connectivity index (χ3n) is 5.64. The molecule has 0 aliphatic carbocycles. The maximum absolute atomic E-state index is 12.4. The normalized spacial score (nSPS) is 21.7. The van der Waals surface area contributed by atoms with Crippen molar-refractivity contribution in [1.29, 1.82) is 0 Å². The molecule has 182 valence electrons. The van der Waals surface area contributed by atoms with Crippen LogP contribution in [-0.4, -0.2) is 87.1 Å². The van der Waals surface area contributed by atoms with Gasteiger partial charge in [-0.2, -0.15) is 0 Å². The Balaban J connectivity index is 1.54. The number of hydrogen-bond donors (Lipinski definition) is 2. The Labute approximate surface area is 193 Å². The molecule has 1 aromatic carbocycles. The molecule has 2 aliphatic heterocycles. The Bertz CT molecular complexity index is 1000. The smallest absolute Gasteiger partial charge is 0.414 e. The second kappa shape index (κ2) is 10.1. The van der Waals surface area contributed by atoms with Crippen molar-refractivity contribution in [2.45, 2.75) is 37.9 Å². The van der Waals surface area contributed by atoms with Crippen molar-refractivity contribution in [3.63, 3.8) is 0 Å². The number of ether oxygens (including phenoxy) is 2. The summed E-state index contributed by atoms with van der Waals surface area (Å²) in [6, 6.07) is 6.49. The first-order chi connectivity index (χ1) is 15.5. The first-order valence-corrected chi connectivity index (χ1v) is 12.6. The van der Waals surface area contributed by atoms with Gasteiger partial charge in [0, 0.05) is 30.9 Å². The fraction of sp³-hybridized carbons (Fsp3) is 0.571. The Hall–Kier alpha value is -2.70. The highest BCUT2D eigenvalue weighted by molar-refractivity contribution is 7.89. The van der Waals surface area contributed by atoms with Gasteiger partial charge in [-0.1, -0.05) is 0 Å². The van der Waals surface area contributed by atoms with Gasteiger partial charge < -0.3 is 20.3 Å². The van der Waals surface area contributed by atoms with Crippen molar-refractivity contribution >= 4 is 33.6 Å². The zero-order chi connectivity index (χ0) is 24.2. The number of amidine groups is 1. The molecule has 1 unspecified atom stereocenters. The van der Waals surface area contributed by atoms with E-state index in [1.807, 2.05) is 0 Å². The van der Waals surface area contributed by atoms with Crippen molar-refractivity contribution in [3.8, 4) is 0 Å². The maximum Gasteiger partial charge on any atom is 0.414 e. The molecule has 2 aliphatic rings. The second-order valence-electron chi connectivity index (χ2n) is 8.38. The van der Waals surface area contributed by atoms with Crippen LogP contribution in [0.5, 0.6) is 0 Å². The molecule has 33 heavy (non-hydrogen) atoms. The summed E-state index contributed by atoms with van der Waals surface area (Å²) in [6.07, 6.45) is 1.00. The topological polar surface area (TPSA) is 152 Å². The number of hydrogen-bond acceptors (Lipinski definition) is 8. The van der Waals surface area contributed by atoms with Crippen molar-refractivity contribution in [3.05, 3.63) is 29.8 Å². The third-order valence-corrected chi connectivity index (χ3v) is 6.17. The lowest BCUT2D eigenvalue weighted by Gasteiger charge is -2.38. The van der Waals surface area contributed by atoms with E-state index in [1.165, 1.54) is 4.90 Å². The number of nitrogens with zero attached hydrogens (tertiary/aromatic N) is 3. The molecule has 0 saturated carbocycles. The molecule has 0 spiro atoms. The molecule has 3 N–H and O–H groups in total. The van der Waals surface area contributed by atoms with E-state index in [1.54, 1.807) is 31.2 Å². The van der Waals surface area contributed by atoms with Gasteiger partial charge in [-0.25, -0.2) is 13.2 Å². The highest BCUT2D eigenvalue weighted by Crippen LogP contribution is 2.28. The fourth-order valence-electron chi connectivity index (χ4n) is 3.97. The standard InChI is InChI=1S/C21H30N4O7S/c1-3-31-18(26)12-21(28)8-10-24(11-9-21)13-17-14-25(20(27)32-17)16-6-4-15(5-7-16)19(22)23-33(2,29)30/h4-7,17,28H,3,8-14H2,1-2H3,(H2,22,23). The van der Waals surface area contributed by atoms with E-state index in [9.17, 15) is 23.1 Å². The Morgan fingerprint density at radius 3 is 2.52 bits per heavy atom. The largest absolute Gasteiger partial charge is 0.466 e. The van der Waals surface area contributed by atoms with Crippen LogP contribution >= 0.6 is 0 Å². The molecule has 2 heterocycles. The first-order valence-electron chi connectivity index (χ1n) is 10.7. The fourth-order valence-corrected chi connectivity index (χ4v) is 4.43. The number of likely N-dealkylation sites (tertiary alicyclic amines) is 1. The van der Waals surface area contributed by atoms with Gasteiger partial charge >= 0.3 is 12.1 Å². The molecule has 1 aromatic rings. The summed E-state index contributed by atoms with van der Waals surface area (Å²) in [4.78, 5) is 27.7. The average Bonchev–Trinajstić information content (AvgIpc) is 3.09. The van der Waals surface area contributed by atoms with Crippen LogP contribution in [0.1, 0.15) is 31.7 Å². The SMILES string of the molecule is CCOC(=O)CC1(O)CCN(CC2CN(c3ccc(/C(N)=N\S(C)(=O)=O)cc3)C(=O)O2)CC1. The van der Waals surface area contributed by atoms with E-state index < -0.39 is 27.7 Å². The van der Waals surface area contributed by atoms with E-state index in [2.05, 4.69) is 9.30 Å². The lowest BCUT2D eigenvalue weighted by molar-refractivity contribution is -0.150. The van der Waals surface area contributed by atoms with Crippen molar-refractivity contribution < 1.29 is 32.6 Å². The number of sulfonamides is 1. The molecule has 1 amide bonds. The summed E-state index contributed by atoms with van der Waals surface area (Å²) in [5, 5.41) is 10.6. The highest BCUT2D eigenvalue weighted by Gasteiger charge is 2.38. The Kier molecular flexibility index (Phi) is 7.60. The van der Waals surface area contributed by atoms with Crippen LogP contribution in [0.25, 0.3) is 0 Å². The molecule has 2 fully saturated rings. The molecular formula is C21H30N4O7S. The third kappa shape index (κ3) is 6.89. The molecule has 11 nitrogen and oxygen atoms in total. The summed E-state index contributed by atoms with van der Waals surface area (Å²) >= 11 is 0. The van der Waals surface area contributed by atoms with Gasteiger partial charge in [-0.15, -0.1) is 4.40 Å². The minimum absolute atomic E-state index is 0.0176. The summed E-state index contributed by atoms with van der Waals surface area (Å²) in [6.45, 7) is 4.05.